The maximum atomic E-state index is 11.8. The molecule has 1 aromatic carbocycles. The lowest BCUT2D eigenvalue weighted by atomic mass is 10.1. The second-order valence-corrected chi connectivity index (χ2v) is 5.21. The van der Waals surface area contributed by atoms with Crippen LogP contribution in [0, 0.1) is 11.3 Å². The molecule has 3 rings (SSSR count). The van der Waals surface area contributed by atoms with Crippen LogP contribution in [0.5, 0.6) is 5.75 Å². The van der Waals surface area contributed by atoms with E-state index in [1.807, 2.05) is 18.2 Å². The molecule has 0 fully saturated rings. The molecule has 0 unspecified atom stereocenters. The van der Waals surface area contributed by atoms with Crippen molar-refractivity contribution in [2.24, 2.45) is 0 Å². The van der Waals surface area contributed by atoms with Gasteiger partial charge in [-0.15, -0.1) is 0 Å². The zero-order valence-electron chi connectivity index (χ0n) is 13.6. The minimum Gasteiger partial charge on any atom is -0.497 e. The Hall–Kier alpha value is -3.53. The lowest BCUT2D eigenvalue weighted by Gasteiger charge is -2.10. The molecule has 7 heteroatoms. The third-order valence-electron chi connectivity index (χ3n) is 3.59. The number of fused-ring (bicyclic) bond motifs is 1. The summed E-state index contributed by atoms with van der Waals surface area (Å²) in [5, 5.41) is 16.0. The van der Waals surface area contributed by atoms with Gasteiger partial charge in [0.1, 0.15) is 17.6 Å². The third-order valence-corrected chi connectivity index (χ3v) is 3.59. The molecule has 3 aromatic rings. The highest BCUT2D eigenvalue weighted by molar-refractivity contribution is 5.91. The van der Waals surface area contributed by atoms with Crippen LogP contribution in [0.1, 0.15) is 16.1 Å². The maximum absolute atomic E-state index is 11.8. The molecule has 0 bridgehead atoms. The van der Waals surface area contributed by atoms with E-state index in [9.17, 15) is 10.1 Å². The summed E-state index contributed by atoms with van der Waals surface area (Å²) in [6.07, 6.45) is 1.44. The number of rotatable bonds is 6. The summed E-state index contributed by atoms with van der Waals surface area (Å²) >= 11 is 0. The molecule has 1 amide bonds. The number of benzene rings is 1. The largest absolute Gasteiger partial charge is 0.497 e. The van der Waals surface area contributed by atoms with E-state index in [0.29, 0.717) is 30.2 Å². The minimum absolute atomic E-state index is 0.260. The Kier molecular flexibility index (Phi) is 4.81. The average molecular weight is 336 g/mol. The van der Waals surface area contributed by atoms with Gasteiger partial charge in [-0.25, -0.2) is 4.98 Å². The summed E-state index contributed by atoms with van der Waals surface area (Å²) < 4.78 is 10.2. The van der Waals surface area contributed by atoms with Crippen LogP contribution >= 0.6 is 0 Å². The van der Waals surface area contributed by atoms with Crippen molar-refractivity contribution in [3.63, 3.8) is 0 Å². The number of hydrogen-bond acceptors (Lipinski definition) is 6. The smallest absolute Gasteiger partial charge is 0.287 e. The monoisotopic (exact) mass is 336 g/mol. The lowest BCUT2D eigenvalue weighted by molar-refractivity contribution is 0.0927. The predicted molar refractivity (Wildman–Crippen MR) is 92.5 cm³/mol. The van der Waals surface area contributed by atoms with Gasteiger partial charge in [-0.2, -0.15) is 5.26 Å². The van der Waals surface area contributed by atoms with Crippen LogP contribution in [0.3, 0.4) is 0 Å². The van der Waals surface area contributed by atoms with Gasteiger partial charge in [-0.05, 0) is 36.4 Å². The van der Waals surface area contributed by atoms with Gasteiger partial charge in [0.05, 0.1) is 24.5 Å². The highest BCUT2D eigenvalue weighted by Crippen LogP contribution is 2.23. The minimum atomic E-state index is -0.286. The van der Waals surface area contributed by atoms with E-state index in [1.54, 1.807) is 25.3 Å². The van der Waals surface area contributed by atoms with Crippen LogP contribution in [0.4, 0.5) is 5.82 Å². The molecule has 2 aromatic heterocycles. The lowest BCUT2D eigenvalue weighted by Crippen LogP contribution is -2.28. The highest BCUT2D eigenvalue weighted by atomic mass is 16.5. The fraction of sp³-hybridized carbons (Fsp3) is 0.167. The van der Waals surface area contributed by atoms with Crippen molar-refractivity contribution in [2.75, 3.05) is 25.5 Å². The van der Waals surface area contributed by atoms with Crippen LogP contribution < -0.4 is 15.4 Å². The highest BCUT2D eigenvalue weighted by Gasteiger charge is 2.09. The van der Waals surface area contributed by atoms with E-state index in [0.717, 1.165) is 10.9 Å². The molecule has 126 valence electrons. The number of hydrogen-bond donors (Lipinski definition) is 2. The van der Waals surface area contributed by atoms with E-state index >= 15 is 0 Å². The average Bonchev–Trinajstić information content (AvgIpc) is 3.18. The Morgan fingerprint density at radius 3 is 2.92 bits per heavy atom. The summed E-state index contributed by atoms with van der Waals surface area (Å²) in [5.41, 5.74) is 1.18. The number of methoxy groups -OCH3 is 1. The second kappa shape index (κ2) is 7.36. The number of carbonyl (C=O) groups is 1. The van der Waals surface area contributed by atoms with Crippen molar-refractivity contribution in [3.05, 3.63) is 54.0 Å². The number of amides is 1. The number of anilines is 1. The van der Waals surface area contributed by atoms with Gasteiger partial charge in [0, 0.05) is 18.5 Å². The van der Waals surface area contributed by atoms with Crippen molar-refractivity contribution in [1.29, 1.82) is 5.26 Å². The molecule has 0 saturated heterocycles. The van der Waals surface area contributed by atoms with Crippen molar-refractivity contribution in [1.82, 2.24) is 10.3 Å². The zero-order chi connectivity index (χ0) is 17.6. The fourth-order valence-corrected chi connectivity index (χ4v) is 2.35. The third kappa shape index (κ3) is 3.70. The molecular formula is C18H16N4O3. The summed E-state index contributed by atoms with van der Waals surface area (Å²) in [7, 11) is 1.59. The Morgan fingerprint density at radius 2 is 2.20 bits per heavy atom. The number of aromatic nitrogens is 1. The van der Waals surface area contributed by atoms with Gasteiger partial charge in [0.15, 0.2) is 5.76 Å². The van der Waals surface area contributed by atoms with E-state index in [-0.39, 0.29) is 11.7 Å². The van der Waals surface area contributed by atoms with Crippen LogP contribution in [0.2, 0.25) is 0 Å². The van der Waals surface area contributed by atoms with E-state index in [2.05, 4.69) is 21.7 Å². The van der Waals surface area contributed by atoms with E-state index in [1.165, 1.54) is 6.26 Å². The second-order valence-electron chi connectivity index (χ2n) is 5.21. The first kappa shape index (κ1) is 16.3. The summed E-state index contributed by atoms with van der Waals surface area (Å²) in [4.78, 5) is 16.2. The van der Waals surface area contributed by atoms with Crippen molar-refractivity contribution in [3.8, 4) is 11.8 Å². The molecule has 0 aliphatic carbocycles. The van der Waals surface area contributed by atoms with E-state index < -0.39 is 0 Å². The summed E-state index contributed by atoms with van der Waals surface area (Å²) in [6.45, 7) is 0.794. The number of nitrogens with one attached hydrogen (secondary N) is 2. The quantitative estimate of drug-likeness (QED) is 0.671. The molecule has 0 spiro atoms. The van der Waals surface area contributed by atoms with Gasteiger partial charge >= 0.3 is 0 Å². The standard InChI is InChI=1S/C18H16N4O3/c1-24-14-4-5-15-12(10-14)9-13(11-19)17(22-15)20-6-7-21-18(23)16-3-2-8-25-16/h2-5,8-10H,6-7H2,1H3,(H,20,22)(H,21,23). The Bertz CT molecular complexity index is 929. The van der Waals surface area contributed by atoms with Crippen molar-refractivity contribution < 1.29 is 13.9 Å². The number of nitriles is 1. The van der Waals surface area contributed by atoms with Crippen LogP contribution in [-0.2, 0) is 0 Å². The van der Waals surface area contributed by atoms with Gasteiger partial charge in [0.2, 0.25) is 0 Å². The number of ether oxygens (including phenoxy) is 1. The molecule has 0 radical (unpaired) electrons. The zero-order valence-corrected chi connectivity index (χ0v) is 13.6. The van der Waals surface area contributed by atoms with Gasteiger partial charge in [-0.3, -0.25) is 4.79 Å². The fourth-order valence-electron chi connectivity index (χ4n) is 2.35. The Labute approximate surface area is 144 Å². The molecule has 0 aliphatic rings. The van der Waals surface area contributed by atoms with Crippen LogP contribution in [0.25, 0.3) is 10.9 Å². The molecular weight excluding hydrogens is 320 g/mol. The van der Waals surface area contributed by atoms with Gasteiger partial charge < -0.3 is 19.8 Å². The summed E-state index contributed by atoms with van der Waals surface area (Å²) in [6, 6.07) is 12.6. The van der Waals surface area contributed by atoms with Crippen LogP contribution in [-0.4, -0.2) is 31.1 Å². The molecule has 0 saturated carbocycles. The first-order valence-corrected chi connectivity index (χ1v) is 7.65. The number of pyridine rings is 1. The molecule has 7 nitrogen and oxygen atoms in total. The molecule has 25 heavy (non-hydrogen) atoms. The number of nitrogens with zero attached hydrogens (tertiary/aromatic N) is 2. The first-order chi connectivity index (χ1) is 12.2. The Balaban J connectivity index is 1.66. The number of furan rings is 1. The predicted octanol–water partition coefficient (Wildman–Crippen LogP) is 2.55. The Morgan fingerprint density at radius 1 is 1.32 bits per heavy atom. The maximum Gasteiger partial charge on any atom is 0.287 e. The SMILES string of the molecule is COc1ccc2nc(NCCNC(=O)c3ccco3)c(C#N)cc2c1. The molecule has 2 heterocycles. The molecule has 0 aliphatic heterocycles. The first-order valence-electron chi connectivity index (χ1n) is 7.65. The normalized spacial score (nSPS) is 10.2. The molecule has 0 atom stereocenters. The van der Waals surface area contributed by atoms with Crippen molar-refractivity contribution >= 4 is 22.6 Å². The molecule has 2 N–H and O–H groups in total. The summed E-state index contributed by atoms with van der Waals surface area (Å²) in [5.74, 6) is 1.16. The van der Waals surface area contributed by atoms with Gasteiger partial charge in [0.25, 0.3) is 5.91 Å². The van der Waals surface area contributed by atoms with Crippen LogP contribution in [0.15, 0.2) is 47.1 Å². The number of carbonyl (C=O) groups excluding carboxylic acids is 1. The topological polar surface area (TPSA) is 100 Å². The van der Waals surface area contributed by atoms with E-state index in [4.69, 9.17) is 9.15 Å². The van der Waals surface area contributed by atoms with Gasteiger partial charge in [-0.1, -0.05) is 0 Å². The van der Waals surface area contributed by atoms with Crippen molar-refractivity contribution in [2.45, 2.75) is 0 Å².